The number of halogens is 1. The maximum absolute atomic E-state index is 12.0. The lowest BCUT2D eigenvalue weighted by Gasteiger charge is -2.25. The fourth-order valence-corrected chi connectivity index (χ4v) is 5.85. The largest absolute Gasteiger partial charge is 0.339 e. The summed E-state index contributed by atoms with van der Waals surface area (Å²) in [5, 5.41) is 0.679. The Morgan fingerprint density at radius 1 is 1.38 bits per heavy atom. The van der Waals surface area contributed by atoms with Gasteiger partial charge in [0.05, 0.1) is 23.6 Å². The van der Waals surface area contributed by atoms with Crippen molar-refractivity contribution in [3.63, 3.8) is 0 Å². The van der Waals surface area contributed by atoms with E-state index < -0.39 is 9.84 Å². The molecular formula is C14H15BrN2O2S2. The van der Waals surface area contributed by atoms with Gasteiger partial charge >= 0.3 is 0 Å². The molecule has 21 heavy (non-hydrogen) atoms. The first kappa shape index (κ1) is 15.0. The van der Waals surface area contributed by atoms with Crippen LogP contribution >= 0.6 is 28.1 Å². The number of hydrogen-bond donors (Lipinski definition) is 0. The van der Waals surface area contributed by atoms with Crippen LogP contribution in [0.3, 0.4) is 0 Å². The molecule has 2 fully saturated rings. The molecule has 1 aromatic carbocycles. The molecule has 2 saturated heterocycles. The van der Waals surface area contributed by atoms with Gasteiger partial charge in [0.2, 0.25) is 0 Å². The third-order valence-electron chi connectivity index (χ3n) is 3.89. The molecule has 7 heteroatoms. The summed E-state index contributed by atoms with van der Waals surface area (Å²) >= 11 is 9.03. The summed E-state index contributed by atoms with van der Waals surface area (Å²) in [7, 11) is -3.02. The van der Waals surface area contributed by atoms with Crippen LogP contribution in [0.25, 0.3) is 0 Å². The van der Waals surface area contributed by atoms with Gasteiger partial charge in [-0.25, -0.2) is 8.42 Å². The zero-order chi connectivity index (χ0) is 15.2. The quantitative estimate of drug-likeness (QED) is 0.588. The van der Waals surface area contributed by atoms with Crippen molar-refractivity contribution < 1.29 is 8.42 Å². The number of rotatable bonds is 3. The van der Waals surface area contributed by atoms with Crippen molar-refractivity contribution in [2.45, 2.75) is 12.1 Å². The van der Waals surface area contributed by atoms with E-state index in [0.717, 1.165) is 10.2 Å². The second-order valence-corrected chi connectivity index (χ2v) is 8.72. The van der Waals surface area contributed by atoms with E-state index in [1.54, 1.807) is 6.08 Å². The van der Waals surface area contributed by atoms with Gasteiger partial charge in [0, 0.05) is 16.7 Å². The minimum absolute atomic E-state index is 0.0838. The maximum Gasteiger partial charge on any atom is 0.177 e. The maximum atomic E-state index is 12.0. The number of fused-ring (bicyclic) bond motifs is 1. The van der Waals surface area contributed by atoms with Crippen LogP contribution in [0, 0.1) is 0 Å². The highest BCUT2D eigenvalue weighted by molar-refractivity contribution is 9.10. The standard InChI is InChI=1S/C14H15BrN2O2S2/c1-2-6-16-12-8-21(18,19)9-13(12)17(14(16)20)11-5-3-4-10(15)7-11/h2-5,7,12-13H,1,6,8-9H2/t12-,13+/m1/s1. The monoisotopic (exact) mass is 386 g/mol. The van der Waals surface area contributed by atoms with Crippen LogP contribution in [0.15, 0.2) is 41.4 Å². The number of thiocarbonyl (C=S) groups is 1. The molecule has 2 aliphatic rings. The molecule has 0 amide bonds. The molecule has 2 aliphatic heterocycles. The molecule has 112 valence electrons. The predicted octanol–water partition coefficient (Wildman–Crippen LogP) is 2.21. The second-order valence-electron chi connectivity index (χ2n) is 5.29. The zero-order valence-corrected chi connectivity index (χ0v) is 14.5. The van der Waals surface area contributed by atoms with E-state index in [9.17, 15) is 8.42 Å². The minimum atomic E-state index is -3.02. The molecular weight excluding hydrogens is 372 g/mol. The number of anilines is 1. The van der Waals surface area contributed by atoms with Crippen molar-refractivity contribution in [1.29, 1.82) is 0 Å². The van der Waals surface area contributed by atoms with Crippen LogP contribution in [0.4, 0.5) is 5.69 Å². The van der Waals surface area contributed by atoms with E-state index >= 15 is 0 Å². The van der Waals surface area contributed by atoms with E-state index in [2.05, 4.69) is 22.5 Å². The lowest BCUT2D eigenvalue weighted by molar-refractivity contribution is 0.389. The number of nitrogens with zero attached hydrogens (tertiary/aromatic N) is 2. The van der Waals surface area contributed by atoms with Gasteiger partial charge in [-0.1, -0.05) is 28.1 Å². The molecule has 0 N–H and O–H groups in total. The first-order valence-corrected chi connectivity index (χ1v) is 9.62. The molecule has 0 bridgehead atoms. The van der Waals surface area contributed by atoms with E-state index in [4.69, 9.17) is 12.2 Å². The Hall–Kier alpha value is -0.920. The van der Waals surface area contributed by atoms with E-state index in [0.29, 0.717) is 11.7 Å². The number of hydrogen-bond acceptors (Lipinski definition) is 3. The van der Waals surface area contributed by atoms with Crippen LogP contribution in [0.1, 0.15) is 0 Å². The average molecular weight is 387 g/mol. The van der Waals surface area contributed by atoms with Crippen LogP contribution in [-0.2, 0) is 9.84 Å². The van der Waals surface area contributed by atoms with Crippen LogP contribution < -0.4 is 4.90 Å². The van der Waals surface area contributed by atoms with Gasteiger partial charge in [0.15, 0.2) is 14.9 Å². The average Bonchev–Trinajstić information content (AvgIpc) is 2.82. The van der Waals surface area contributed by atoms with Crippen LogP contribution in [0.5, 0.6) is 0 Å². The summed E-state index contributed by atoms with van der Waals surface area (Å²) in [5.41, 5.74) is 0.924. The Kier molecular flexibility index (Phi) is 3.83. The molecule has 0 saturated carbocycles. The van der Waals surface area contributed by atoms with E-state index in [1.165, 1.54) is 0 Å². The highest BCUT2D eigenvalue weighted by Crippen LogP contribution is 2.35. The molecule has 0 aliphatic carbocycles. The van der Waals surface area contributed by atoms with Gasteiger partial charge in [0.25, 0.3) is 0 Å². The molecule has 0 aromatic heterocycles. The smallest absolute Gasteiger partial charge is 0.177 e. The van der Waals surface area contributed by atoms with Crippen molar-refractivity contribution in [3.05, 3.63) is 41.4 Å². The molecule has 2 atom stereocenters. The van der Waals surface area contributed by atoms with Crippen molar-refractivity contribution in [1.82, 2.24) is 4.90 Å². The van der Waals surface area contributed by atoms with E-state index in [1.807, 2.05) is 34.1 Å². The second kappa shape index (κ2) is 5.37. The summed E-state index contributed by atoms with van der Waals surface area (Å²) in [6.07, 6.45) is 1.76. The molecule has 0 radical (unpaired) electrons. The zero-order valence-electron chi connectivity index (χ0n) is 11.3. The van der Waals surface area contributed by atoms with Crippen LogP contribution in [-0.4, -0.2) is 48.6 Å². The minimum Gasteiger partial charge on any atom is -0.339 e. The first-order chi connectivity index (χ1) is 9.93. The van der Waals surface area contributed by atoms with Gasteiger partial charge in [-0.15, -0.1) is 6.58 Å². The third kappa shape index (κ3) is 2.62. The Balaban J connectivity index is 2.03. The van der Waals surface area contributed by atoms with Crippen LogP contribution in [0.2, 0.25) is 0 Å². The highest BCUT2D eigenvalue weighted by Gasteiger charge is 2.51. The number of sulfone groups is 1. The topological polar surface area (TPSA) is 40.6 Å². The summed E-state index contributed by atoms with van der Waals surface area (Å²) in [4.78, 5) is 3.94. The predicted molar refractivity (Wildman–Crippen MR) is 92.4 cm³/mol. The van der Waals surface area contributed by atoms with Gasteiger partial charge in [-0.3, -0.25) is 0 Å². The summed E-state index contributed by atoms with van der Waals surface area (Å²) < 4.78 is 25.0. The van der Waals surface area contributed by atoms with E-state index in [-0.39, 0.29) is 23.6 Å². The lowest BCUT2D eigenvalue weighted by Crippen LogP contribution is -2.37. The molecule has 2 heterocycles. The Bertz CT molecular complexity index is 705. The fourth-order valence-electron chi connectivity index (χ4n) is 3.06. The fraction of sp³-hybridized carbons (Fsp3) is 0.357. The van der Waals surface area contributed by atoms with Gasteiger partial charge in [-0.05, 0) is 30.4 Å². The molecule has 3 rings (SSSR count). The Labute approximate surface area is 138 Å². The first-order valence-electron chi connectivity index (χ1n) is 6.59. The lowest BCUT2D eigenvalue weighted by atomic mass is 10.1. The summed E-state index contributed by atoms with van der Waals surface area (Å²) in [6, 6.07) is 7.59. The third-order valence-corrected chi connectivity index (χ3v) is 6.51. The molecule has 0 spiro atoms. The van der Waals surface area contributed by atoms with Gasteiger partial charge in [0.1, 0.15) is 0 Å². The highest BCUT2D eigenvalue weighted by atomic mass is 79.9. The SMILES string of the molecule is C=CCN1C(=S)N(c2cccc(Br)c2)[C@H]2CS(=O)(=O)C[C@H]21. The van der Waals surface area contributed by atoms with Crippen molar-refractivity contribution in [2.75, 3.05) is 23.0 Å². The van der Waals surface area contributed by atoms with Crippen molar-refractivity contribution in [3.8, 4) is 0 Å². The molecule has 1 aromatic rings. The summed E-state index contributed by atoms with van der Waals surface area (Å²) in [6.45, 7) is 4.31. The molecule has 4 nitrogen and oxygen atoms in total. The van der Waals surface area contributed by atoms with Gasteiger partial charge < -0.3 is 9.80 Å². The number of benzene rings is 1. The van der Waals surface area contributed by atoms with Gasteiger partial charge in [-0.2, -0.15) is 0 Å². The van der Waals surface area contributed by atoms with Crippen molar-refractivity contribution in [2.24, 2.45) is 0 Å². The normalized spacial score (nSPS) is 27.0. The molecule has 0 unspecified atom stereocenters. The Morgan fingerprint density at radius 2 is 2.10 bits per heavy atom. The van der Waals surface area contributed by atoms with Crippen molar-refractivity contribution >= 4 is 48.8 Å². The summed E-state index contributed by atoms with van der Waals surface area (Å²) in [5.74, 6) is 0.314. The Morgan fingerprint density at radius 3 is 2.76 bits per heavy atom.